The predicted molar refractivity (Wildman–Crippen MR) is 88.4 cm³/mol. The van der Waals surface area contributed by atoms with Crippen molar-refractivity contribution >= 4 is 17.1 Å². The van der Waals surface area contributed by atoms with E-state index < -0.39 is 0 Å². The summed E-state index contributed by atoms with van der Waals surface area (Å²) in [4.78, 5) is 4.44. The monoisotopic (exact) mass is 315 g/mol. The first-order chi connectivity index (χ1) is 11.2. The van der Waals surface area contributed by atoms with Gasteiger partial charge in [0.15, 0.2) is 0 Å². The largest absolute Gasteiger partial charge is 0.364 e. The summed E-state index contributed by atoms with van der Waals surface area (Å²) < 4.78 is 27.0. The molecule has 0 saturated carbocycles. The van der Waals surface area contributed by atoms with E-state index in [4.69, 9.17) is 0 Å². The average Bonchev–Trinajstić information content (AvgIpc) is 3.09. The minimum Gasteiger partial charge on any atom is -0.364 e. The van der Waals surface area contributed by atoms with Crippen molar-refractivity contribution in [1.29, 1.82) is 0 Å². The summed E-state index contributed by atoms with van der Waals surface area (Å²) >= 11 is 0. The van der Waals surface area contributed by atoms with Gasteiger partial charge in [-0.1, -0.05) is 0 Å². The Labute approximate surface area is 134 Å². The van der Waals surface area contributed by atoms with Crippen molar-refractivity contribution in [3.63, 3.8) is 0 Å². The zero-order chi connectivity index (χ0) is 15.8. The number of nitrogens with one attached hydrogen (secondary N) is 1. The molecule has 0 amide bonds. The van der Waals surface area contributed by atoms with Gasteiger partial charge >= 0.3 is 0 Å². The molecule has 2 aliphatic rings. The lowest BCUT2D eigenvalue weighted by atomic mass is 10.1. The topological polar surface area (TPSA) is 18.5 Å². The van der Waals surface area contributed by atoms with Crippen LogP contribution >= 0.6 is 0 Å². The number of benzene rings is 2. The van der Waals surface area contributed by atoms with Crippen LogP contribution in [0.2, 0.25) is 0 Å². The van der Waals surface area contributed by atoms with E-state index in [9.17, 15) is 8.78 Å². The van der Waals surface area contributed by atoms with Crippen LogP contribution in [0, 0.1) is 11.6 Å². The first-order valence-corrected chi connectivity index (χ1v) is 8.02. The summed E-state index contributed by atoms with van der Waals surface area (Å²) in [6, 6.07) is 11.8. The molecule has 3 nitrogen and oxygen atoms in total. The zero-order valence-electron chi connectivity index (χ0n) is 12.8. The number of anilines is 3. The maximum Gasteiger partial charge on any atom is 0.125 e. The minimum absolute atomic E-state index is 0.248. The van der Waals surface area contributed by atoms with Gasteiger partial charge in [0.25, 0.3) is 0 Å². The maximum atomic E-state index is 13.8. The van der Waals surface area contributed by atoms with Crippen LogP contribution in [0.25, 0.3) is 0 Å². The Morgan fingerprint density at radius 3 is 2.43 bits per heavy atom. The molecule has 1 atom stereocenters. The number of fused-ring (bicyclic) bond motifs is 1. The summed E-state index contributed by atoms with van der Waals surface area (Å²) in [7, 11) is 0. The molecule has 4 rings (SSSR count). The van der Waals surface area contributed by atoms with Crippen molar-refractivity contribution in [3.05, 3.63) is 54.1 Å². The highest BCUT2D eigenvalue weighted by Gasteiger charge is 2.30. The molecule has 120 valence electrons. The van der Waals surface area contributed by atoms with Gasteiger partial charge < -0.3 is 15.1 Å². The van der Waals surface area contributed by atoms with E-state index in [0.29, 0.717) is 6.04 Å². The molecule has 23 heavy (non-hydrogen) atoms. The Hall–Kier alpha value is -2.14. The molecule has 1 unspecified atom stereocenters. The van der Waals surface area contributed by atoms with Gasteiger partial charge in [-0.25, -0.2) is 8.78 Å². The summed E-state index contributed by atoms with van der Waals surface area (Å²) in [5.41, 5.74) is 2.80. The van der Waals surface area contributed by atoms with Crippen LogP contribution in [-0.2, 0) is 0 Å². The van der Waals surface area contributed by atoms with Crippen molar-refractivity contribution < 1.29 is 8.78 Å². The lowest BCUT2D eigenvalue weighted by Gasteiger charge is -2.41. The maximum absolute atomic E-state index is 13.8. The first kappa shape index (κ1) is 14.5. The van der Waals surface area contributed by atoms with E-state index in [0.717, 1.165) is 49.7 Å². The van der Waals surface area contributed by atoms with Gasteiger partial charge in [-0.15, -0.1) is 0 Å². The molecule has 1 saturated heterocycles. The fraction of sp³-hybridized carbons (Fsp3) is 0.333. The van der Waals surface area contributed by atoms with Crippen molar-refractivity contribution in [2.45, 2.75) is 12.5 Å². The van der Waals surface area contributed by atoms with Gasteiger partial charge in [-0.2, -0.15) is 0 Å². The Kier molecular flexibility index (Phi) is 3.65. The third-order valence-electron chi connectivity index (χ3n) is 4.72. The van der Waals surface area contributed by atoms with E-state index in [-0.39, 0.29) is 11.6 Å². The zero-order valence-corrected chi connectivity index (χ0v) is 12.8. The first-order valence-electron chi connectivity index (χ1n) is 8.02. The van der Waals surface area contributed by atoms with E-state index in [1.165, 1.54) is 18.2 Å². The molecular weight excluding hydrogens is 296 g/mol. The van der Waals surface area contributed by atoms with Crippen molar-refractivity contribution in [1.82, 2.24) is 5.32 Å². The van der Waals surface area contributed by atoms with Gasteiger partial charge in [0.05, 0.1) is 11.4 Å². The second-order valence-electron chi connectivity index (χ2n) is 6.10. The molecule has 0 aliphatic carbocycles. The van der Waals surface area contributed by atoms with Crippen LogP contribution in [0.15, 0.2) is 42.5 Å². The molecule has 0 aromatic heterocycles. The number of halogens is 2. The third-order valence-corrected chi connectivity index (χ3v) is 4.72. The second kappa shape index (κ2) is 5.81. The van der Waals surface area contributed by atoms with Gasteiger partial charge in [0.1, 0.15) is 11.6 Å². The van der Waals surface area contributed by atoms with Crippen molar-refractivity contribution in [3.8, 4) is 0 Å². The standard InChI is InChI=1S/C18H19F2N3/c19-13-1-4-15(5-2-13)22-9-10-23(16-7-8-21-12-16)17-6-3-14(20)11-18(17)22/h1-6,11,16,21H,7-10,12H2. The van der Waals surface area contributed by atoms with Gasteiger partial charge in [0, 0.05) is 31.4 Å². The molecule has 0 radical (unpaired) electrons. The highest BCUT2D eigenvalue weighted by molar-refractivity contribution is 5.79. The fourth-order valence-electron chi connectivity index (χ4n) is 3.58. The lowest BCUT2D eigenvalue weighted by Crippen LogP contribution is -2.45. The minimum atomic E-state index is -0.260. The van der Waals surface area contributed by atoms with Crippen molar-refractivity contribution in [2.75, 3.05) is 36.0 Å². The van der Waals surface area contributed by atoms with Gasteiger partial charge in [0.2, 0.25) is 0 Å². The Morgan fingerprint density at radius 2 is 1.70 bits per heavy atom. The highest BCUT2D eigenvalue weighted by Crippen LogP contribution is 2.39. The van der Waals surface area contributed by atoms with Gasteiger partial charge in [-0.3, -0.25) is 0 Å². The predicted octanol–water partition coefficient (Wildman–Crippen LogP) is 3.28. The molecule has 5 heteroatoms. The number of rotatable bonds is 2. The van der Waals surface area contributed by atoms with Crippen LogP contribution in [0.3, 0.4) is 0 Å². The summed E-state index contributed by atoms with van der Waals surface area (Å²) in [6.45, 7) is 3.63. The summed E-state index contributed by atoms with van der Waals surface area (Å²) in [5.74, 6) is -0.508. The summed E-state index contributed by atoms with van der Waals surface area (Å²) in [6.07, 6.45) is 1.10. The van der Waals surface area contributed by atoms with Crippen LogP contribution in [0.5, 0.6) is 0 Å². The molecule has 2 heterocycles. The van der Waals surface area contributed by atoms with E-state index in [2.05, 4.69) is 15.1 Å². The number of hydrogen-bond donors (Lipinski definition) is 1. The van der Waals surface area contributed by atoms with Crippen LogP contribution < -0.4 is 15.1 Å². The number of hydrogen-bond acceptors (Lipinski definition) is 3. The number of nitrogens with zero attached hydrogens (tertiary/aromatic N) is 2. The van der Waals surface area contributed by atoms with Gasteiger partial charge in [-0.05, 0) is 55.4 Å². The summed E-state index contributed by atoms with van der Waals surface area (Å²) in [5, 5.41) is 3.39. The fourth-order valence-corrected chi connectivity index (χ4v) is 3.58. The molecule has 0 spiro atoms. The molecule has 2 aliphatic heterocycles. The highest BCUT2D eigenvalue weighted by atomic mass is 19.1. The normalized spacial score (nSPS) is 20.7. The quantitative estimate of drug-likeness (QED) is 0.917. The SMILES string of the molecule is Fc1ccc(N2CCN(C3CCNC3)c3ccc(F)cc32)cc1. The lowest BCUT2D eigenvalue weighted by molar-refractivity contribution is 0.606. The molecule has 1 N–H and O–H groups in total. The third kappa shape index (κ3) is 2.65. The molecule has 0 bridgehead atoms. The van der Waals surface area contributed by atoms with Crippen molar-refractivity contribution in [2.24, 2.45) is 0 Å². The Balaban J connectivity index is 1.74. The second-order valence-corrected chi connectivity index (χ2v) is 6.10. The molecule has 2 aromatic carbocycles. The Morgan fingerprint density at radius 1 is 0.913 bits per heavy atom. The smallest absolute Gasteiger partial charge is 0.125 e. The molecule has 1 fully saturated rings. The van der Waals surface area contributed by atoms with Crippen LogP contribution in [0.4, 0.5) is 25.8 Å². The average molecular weight is 315 g/mol. The van der Waals surface area contributed by atoms with E-state index in [1.54, 1.807) is 18.2 Å². The van der Waals surface area contributed by atoms with Crippen LogP contribution in [-0.4, -0.2) is 32.2 Å². The molecule has 2 aromatic rings. The molecular formula is C18H19F2N3. The Bertz CT molecular complexity index is 696. The van der Waals surface area contributed by atoms with E-state index in [1.807, 2.05) is 6.07 Å². The van der Waals surface area contributed by atoms with E-state index >= 15 is 0 Å². The van der Waals surface area contributed by atoms with Crippen LogP contribution in [0.1, 0.15) is 6.42 Å².